The fourth-order valence-corrected chi connectivity index (χ4v) is 1.88. The first kappa shape index (κ1) is 16.8. The molecule has 2 aromatic rings. The van der Waals surface area contributed by atoms with Crippen LogP contribution >= 0.6 is 0 Å². The highest BCUT2D eigenvalue weighted by Crippen LogP contribution is 2.16. The number of nitrogens with one attached hydrogen (secondary N) is 2. The van der Waals surface area contributed by atoms with Gasteiger partial charge >= 0.3 is 0 Å². The Bertz CT molecular complexity index is 550. The van der Waals surface area contributed by atoms with E-state index in [9.17, 15) is 0 Å². The van der Waals surface area contributed by atoms with Gasteiger partial charge in [0.05, 0.1) is 24.6 Å². The molecule has 0 radical (unpaired) electrons. The van der Waals surface area contributed by atoms with Crippen molar-refractivity contribution in [3.8, 4) is 0 Å². The smallest absolute Gasteiger partial charge is 0.243 e. The molecule has 7 heteroatoms. The summed E-state index contributed by atoms with van der Waals surface area (Å²) >= 11 is 0. The van der Waals surface area contributed by atoms with Crippen LogP contribution in [0, 0.1) is 0 Å². The topological polar surface area (TPSA) is 97.8 Å². The van der Waals surface area contributed by atoms with E-state index in [1.807, 2.05) is 17.8 Å². The second-order valence-electron chi connectivity index (χ2n) is 4.70. The van der Waals surface area contributed by atoms with Crippen molar-refractivity contribution in [2.24, 2.45) is 7.05 Å². The van der Waals surface area contributed by atoms with E-state index in [4.69, 9.17) is 11.5 Å². The number of nitrogen functional groups attached to an aromatic ring is 2. The van der Waals surface area contributed by atoms with Gasteiger partial charge in [-0.15, -0.1) is 0 Å². The summed E-state index contributed by atoms with van der Waals surface area (Å²) in [5, 5.41) is 6.54. The summed E-state index contributed by atoms with van der Waals surface area (Å²) in [5.74, 6) is 0.679. The fraction of sp³-hybridized carbons (Fsp3) is 0.429. The second kappa shape index (κ2) is 8.11. The highest BCUT2D eigenvalue weighted by molar-refractivity contribution is 5.65. The van der Waals surface area contributed by atoms with E-state index in [0.717, 1.165) is 26.2 Å². The van der Waals surface area contributed by atoms with Crippen molar-refractivity contribution in [2.45, 2.75) is 14.0 Å². The molecule has 6 N–H and O–H groups in total. The highest BCUT2D eigenvalue weighted by Gasteiger charge is 2.01. The lowest BCUT2D eigenvalue weighted by Gasteiger charge is -2.09. The zero-order valence-electron chi connectivity index (χ0n) is 11.7. The van der Waals surface area contributed by atoms with Crippen LogP contribution in [0.3, 0.4) is 0 Å². The van der Waals surface area contributed by atoms with Crippen LogP contribution in [0.2, 0.25) is 0 Å². The monoisotopic (exact) mass is 292 g/mol. The highest BCUT2D eigenvalue weighted by atomic mass is 15.1. The molecule has 116 valence electrons. The number of aryl methyl sites for hydroxylation is 1. The number of hydrogen-bond acceptors (Lipinski definition) is 5. The van der Waals surface area contributed by atoms with E-state index in [1.165, 1.54) is 0 Å². The van der Waals surface area contributed by atoms with Gasteiger partial charge in [-0.25, -0.2) is 14.1 Å². The number of rotatable bonds is 7. The molecule has 0 bridgehead atoms. The van der Waals surface area contributed by atoms with Crippen molar-refractivity contribution < 1.29 is 4.57 Å². The molecule has 0 saturated heterocycles. The fourth-order valence-electron chi connectivity index (χ4n) is 1.88. The summed E-state index contributed by atoms with van der Waals surface area (Å²) in [6.07, 6.45) is 7.73. The molecule has 0 fully saturated rings. The quantitative estimate of drug-likeness (QED) is 0.432. The third-order valence-corrected chi connectivity index (χ3v) is 2.90. The van der Waals surface area contributed by atoms with Gasteiger partial charge in [-0.1, -0.05) is 7.43 Å². The molecule has 0 aliphatic carbocycles. The van der Waals surface area contributed by atoms with Crippen LogP contribution in [0.5, 0.6) is 0 Å². The van der Waals surface area contributed by atoms with Crippen molar-refractivity contribution >= 4 is 17.2 Å². The lowest BCUT2D eigenvalue weighted by Crippen LogP contribution is -2.27. The van der Waals surface area contributed by atoms with Gasteiger partial charge in [0, 0.05) is 19.6 Å². The number of imidazole rings is 1. The maximum Gasteiger partial charge on any atom is 0.243 e. The molecular formula is C14H26N7+. The van der Waals surface area contributed by atoms with Gasteiger partial charge < -0.3 is 22.1 Å². The molecule has 0 atom stereocenters. The molecule has 0 aromatic carbocycles. The summed E-state index contributed by atoms with van der Waals surface area (Å²) in [5.41, 5.74) is 12.6. The lowest BCUT2D eigenvalue weighted by molar-refractivity contribution is -0.671. The molecule has 2 heterocycles. The molecule has 0 spiro atoms. The van der Waals surface area contributed by atoms with Gasteiger partial charge in [0.2, 0.25) is 6.33 Å². The molecule has 0 aliphatic heterocycles. The third-order valence-electron chi connectivity index (χ3n) is 2.90. The number of hydrogen-bond donors (Lipinski definition) is 4. The van der Waals surface area contributed by atoms with E-state index in [0.29, 0.717) is 17.2 Å². The Morgan fingerprint density at radius 1 is 1.29 bits per heavy atom. The van der Waals surface area contributed by atoms with Gasteiger partial charge in [-0.3, -0.25) is 0 Å². The van der Waals surface area contributed by atoms with Crippen molar-refractivity contribution in [3.63, 3.8) is 0 Å². The van der Waals surface area contributed by atoms with Gasteiger partial charge in [-0.05, 0) is 6.07 Å². The Morgan fingerprint density at radius 2 is 2.10 bits per heavy atom. The normalized spacial score (nSPS) is 10.1. The standard InChI is InChI=1S/C13H22N7.CH4/c1-19-6-7-20(10-19)5-4-16-2-3-17-13-12(15)8-11(14)9-18-13;/h6-10,16H,2-5,14-15H2,1H3,(H,17,18);1H4/q+1;. The number of pyridine rings is 1. The minimum absolute atomic E-state index is 0. The summed E-state index contributed by atoms with van der Waals surface area (Å²) in [7, 11) is 2.01. The van der Waals surface area contributed by atoms with Gasteiger partial charge in [0.15, 0.2) is 0 Å². The van der Waals surface area contributed by atoms with E-state index in [2.05, 4.69) is 32.7 Å². The minimum atomic E-state index is 0. The van der Waals surface area contributed by atoms with Gasteiger partial charge in [0.25, 0.3) is 0 Å². The summed E-state index contributed by atoms with van der Waals surface area (Å²) in [6.45, 7) is 3.48. The van der Waals surface area contributed by atoms with E-state index in [-0.39, 0.29) is 7.43 Å². The van der Waals surface area contributed by atoms with Crippen LogP contribution in [-0.4, -0.2) is 29.2 Å². The van der Waals surface area contributed by atoms with E-state index >= 15 is 0 Å². The first-order valence-electron chi connectivity index (χ1n) is 6.62. The first-order valence-corrected chi connectivity index (χ1v) is 6.62. The molecule has 0 saturated carbocycles. The third kappa shape index (κ3) is 5.31. The van der Waals surface area contributed by atoms with E-state index in [1.54, 1.807) is 12.3 Å². The predicted octanol–water partition coefficient (Wildman–Crippen LogP) is 0.210. The van der Waals surface area contributed by atoms with Crippen LogP contribution in [0.1, 0.15) is 7.43 Å². The number of nitrogens with zero attached hydrogens (tertiary/aromatic N) is 3. The molecule has 7 nitrogen and oxygen atoms in total. The summed E-state index contributed by atoms with van der Waals surface area (Å²) in [6, 6.07) is 1.70. The summed E-state index contributed by atoms with van der Waals surface area (Å²) < 4.78 is 4.16. The maximum absolute atomic E-state index is 5.81. The van der Waals surface area contributed by atoms with Gasteiger partial charge in [-0.2, -0.15) is 0 Å². The van der Waals surface area contributed by atoms with Crippen LogP contribution in [0.15, 0.2) is 31.0 Å². The Kier molecular flexibility index (Phi) is 6.48. The Balaban J connectivity index is 0.00000220. The van der Waals surface area contributed by atoms with Crippen LogP contribution in [-0.2, 0) is 13.6 Å². The molecule has 2 aromatic heterocycles. The zero-order valence-corrected chi connectivity index (χ0v) is 11.7. The number of anilines is 3. The Labute approximate surface area is 126 Å². The van der Waals surface area contributed by atoms with E-state index < -0.39 is 0 Å². The SMILES string of the molecule is C.C[n+]1ccn(CCNCCNc2ncc(N)cc2N)c1. The predicted molar refractivity (Wildman–Crippen MR) is 86.8 cm³/mol. The molecule has 21 heavy (non-hydrogen) atoms. The Morgan fingerprint density at radius 3 is 2.76 bits per heavy atom. The maximum atomic E-state index is 5.81. The lowest BCUT2D eigenvalue weighted by atomic mass is 10.3. The molecule has 0 unspecified atom stereocenters. The van der Waals surface area contributed by atoms with Crippen molar-refractivity contribution in [3.05, 3.63) is 31.0 Å². The average molecular weight is 292 g/mol. The second-order valence-corrected chi connectivity index (χ2v) is 4.70. The minimum Gasteiger partial charge on any atom is -0.397 e. The summed E-state index contributed by atoms with van der Waals surface area (Å²) in [4.78, 5) is 4.15. The average Bonchev–Trinajstić information content (AvgIpc) is 2.81. The molecule has 0 amide bonds. The van der Waals surface area contributed by atoms with Crippen LogP contribution in [0.4, 0.5) is 17.2 Å². The molecule has 0 aliphatic rings. The van der Waals surface area contributed by atoms with Crippen molar-refractivity contribution in [2.75, 3.05) is 36.4 Å². The largest absolute Gasteiger partial charge is 0.397 e. The van der Waals surface area contributed by atoms with Crippen LogP contribution in [0.25, 0.3) is 0 Å². The number of nitrogens with two attached hydrogens (primary N) is 2. The Hall–Kier alpha value is -2.28. The first-order chi connectivity index (χ1) is 9.65. The zero-order chi connectivity index (χ0) is 14.4. The van der Waals surface area contributed by atoms with Crippen LogP contribution < -0.4 is 26.7 Å². The van der Waals surface area contributed by atoms with Crippen molar-refractivity contribution in [1.82, 2.24) is 14.9 Å². The number of aromatic nitrogens is 3. The molecule has 2 rings (SSSR count). The molecular weight excluding hydrogens is 266 g/mol. The van der Waals surface area contributed by atoms with Crippen molar-refractivity contribution in [1.29, 1.82) is 0 Å². The van der Waals surface area contributed by atoms with Gasteiger partial charge in [0.1, 0.15) is 24.8 Å².